The van der Waals surface area contributed by atoms with Gasteiger partial charge in [-0.15, -0.1) is 11.3 Å². The molecule has 2 aliphatic rings. The van der Waals surface area contributed by atoms with Gasteiger partial charge in [0.05, 0.1) is 18.4 Å². The lowest BCUT2D eigenvalue weighted by molar-refractivity contribution is -0.421. The Hall–Kier alpha value is -3.77. The third-order valence-corrected chi connectivity index (χ3v) is 8.29. The summed E-state index contributed by atoms with van der Waals surface area (Å²) in [5, 5.41) is 1.96. The quantitative estimate of drug-likeness (QED) is 0.472. The van der Waals surface area contributed by atoms with E-state index in [1.807, 2.05) is 29.0 Å². The van der Waals surface area contributed by atoms with E-state index in [9.17, 15) is 18.0 Å². The molecule has 2 aromatic carbocycles. The molecule has 3 aromatic rings. The molecule has 1 N–H and O–H groups in total. The van der Waals surface area contributed by atoms with Gasteiger partial charge in [-0.05, 0) is 36.4 Å². The summed E-state index contributed by atoms with van der Waals surface area (Å²) in [5.41, 5.74) is 2.64. The van der Waals surface area contributed by atoms with Crippen molar-refractivity contribution in [1.29, 1.82) is 0 Å². The van der Waals surface area contributed by atoms with Crippen LogP contribution in [0.5, 0.6) is 5.75 Å². The van der Waals surface area contributed by atoms with Crippen molar-refractivity contribution >= 4 is 55.9 Å². The van der Waals surface area contributed by atoms with E-state index in [0.29, 0.717) is 18.8 Å². The highest BCUT2D eigenvalue weighted by atomic mass is 32.2. The van der Waals surface area contributed by atoms with Crippen molar-refractivity contribution in [3.63, 3.8) is 0 Å². The monoisotopic (exact) mass is 526 g/mol. The first-order valence-corrected chi connectivity index (χ1v) is 13.6. The standard InChI is InChI=1S/C24H24N5O5S2/c1-34-19-4-7-21-17(14-19)8-10-27(21)15-22(30)28-11-12-29(23(31)16-28)18-2-5-20(6-3-18)36(32,33)26-24-25-9-13-35-24/h2-7,9-10,13-14H,8,11-12,15-16H2,1H3,(H,25,26)/q+1. The Morgan fingerprint density at radius 3 is 2.69 bits per heavy atom. The van der Waals surface area contributed by atoms with Crippen LogP contribution in [0.1, 0.15) is 5.56 Å². The fourth-order valence-corrected chi connectivity index (χ4v) is 6.04. The van der Waals surface area contributed by atoms with E-state index < -0.39 is 10.0 Å². The summed E-state index contributed by atoms with van der Waals surface area (Å²) >= 11 is 1.18. The van der Waals surface area contributed by atoms with Crippen LogP contribution in [0.25, 0.3) is 0 Å². The van der Waals surface area contributed by atoms with E-state index in [1.54, 1.807) is 34.4 Å². The molecule has 10 nitrogen and oxygen atoms in total. The van der Waals surface area contributed by atoms with Crippen molar-refractivity contribution in [2.24, 2.45) is 0 Å². The van der Waals surface area contributed by atoms with E-state index in [-0.39, 0.29) is 34.9 Å². The van der Waals surface area contributed by atoms with Crippen LogP contribution in [0.2, 0.25) is 0 Å². The Morgan fingerprint density at radius 1 is 1.19 bits per heavy atom. The van der Waals surface area contributed by atoms with Crippen molar-refractivity contribution in [3.8, 4) is 5.75 Å². The van der Waals surface area contributed by atoms with Crippen molar-refractivity contribution < 1.29 is 27.3 Å². The number of carbonyl (C=O) groups excluding carboxylic acids is 2. The predicted molar refractivity (Wildman–Crippen MR) is 136 cm³/mol. The van der Waals surface area contributed by atoms with Gasteiger partial charge < -0.3 is 14.5 Å². The summed E-state index contributed by atoms with van der Waals surface area (Å²) < 4.78 is 34.7. The molecule has 0 aliphatic carbocycles. The van der Waals surface area contributed by atoms with Crippen molar-refractivity contribution in [1.82, 2.24) is 9.88 Å². The first kappa shape index (κ1) is 23.9. The number of anilines is 2. The third-order valence-electron chi connectivity index (χ3n) is 6.12. The third kappa shape index (κ3) is 4.82. The Balaban J connectivity index is 1.20. The highest BCUT2D eigenvalue weighted by molar-refractivity contribution is 7.93. The molecule has 0 unspecified atom stereocenters. The average Bonchev–Trinajstić information content (AvgIpc) is 3.53. The fourth-order valence-electron chi connectivity index (χ4n) is 4.25. The maximum absolute atomic E-state index is 13.0. The number of ether oxygens (including phenoxy) is 1. The lowest BCUT2D eigenvalue weighted by Gasteiger charge is -2.34. The second-order valence-electron chi connectivity index (χ2n) is 8.31. The average molecular weight is 527 g/mol. The number of methoxy groups -OCH3 is 1. The van der Waals surface area contributed by atoms with Crippen molar-refractivity contribution in [3.05, 3.63) is 59.6 Å². The number of aromatic nitrogens is 1. The molecule has 5 rings (SSSR count). The maximum atomic E-state index is 13.0. The van der Waals surface area contributed by atoms with E-state index in [4.69, 9.17) is 4.74 Å². The molecule has 36 heavy (non-hydrogen) atoms. The number of benzene rings is 2. The molecule has 1 saturated heterocycles. The Kier molecular flexibility index (Phi) is 6.46. The van der Waals surface area contributed by atoms with Gasteiger partial charge in [-0.1, -0.05) is 0 Å². The van der Waals surface area contributed by atoms with Gasteiger partial charge in [0.15, 0.2) is 11.3 Å². The predicted octanol–water partition coefficient (Wildman–Crippen LogP) is 2.10. The van der Waals surface area contributed by atoms with Gasteiger partial charge >= 0.3 is 0 Å². The number of hydrogen-bond donors (Lipinski definition) is 1. The molecule has 0 saturated carbocycles. The first-order chi connectivity index (χ1) is 17.3. The Morgan fingerprint density at radius 2 is 2.00 bits per heavy atom. The summed E-state index contributed by atoms with van der Waals surface area (Å²) in [6.45, 7) is 0.837. The van der Waals surface area contributed by atoms with Crippen LogP contribution in [-0.2, 0) is 26.0 Å². The van der Waals surface area contributed by atoms with E-state index in [1.165, 1.54) is 29.7 Å². The number of carbonyl (C=O) groups is 2. The van der Waals surface area contributed by atoms with Crippen molar-refractivity contribution in [2.45, 2.75) is 11.3 Å². The molecule has 0 spiro atoms. The topological polar surface area (TPSA) is 112 Å². The molecule has 2 aliphatic heterocycles. The van der Waals surface area contributed by atoms with Gasteiger partial charge in [-0.3, -0.25) is 14.3 Å². The van der Waals surface area contributed by atoms with Gasteiger partial charge in [0.2, 0.25) is 18.1 Å². The molecule has 12 heteroatoms. The normalized spacial score (nSPS) is 15.5. The van der Waals surface area contributed by atoms with Gasteiger partial charge in [-0.25, -0.2) is 13.4 Å². The van der Waals surface area contributed by atoms with Crippen LogP contribution in [0, 0.1) is 0 Å². The minimum atomic E-state index is -3.77. The van der Waals surface area contributed by atoms with Crippen LogP contribution >= 0.6 is 11.3 Å². The zero-order valence-electron chi connectivity index (χ0n) is 19.5. The lowest BCUT2D eigenvalue weighted by atomic mass is 10.1. The van der Waals surface area contributed by atoms with Gasteiger partial charge in [0.25, 0.3) is 15.9 Å². The van der Waals surface area contributed by atoms with Crippen LogP contribution in [0.15, 0.2) is 58.9 Å². The molecule has 1 fully saturated rings. The number of nitrogens with zero attached hydrogens (tertiary/aromatic N) is 4. The second kappa shape index (κ2) is 9.70. The smallest absolute Gasteiger partial charge is 0.289 e. The number of amides is 2. The molecular weight excluding hydrogens is 502 g/mol. The summed E-state index contributed by atoms with van der Waals surface area (Å²) in [6, 6.07) is 11.8. The van der Waals surface area contributed by atoms with E-state index in [0.717, 1.165) is 23.4 Å². The van der Waals surface area contributed by atoms with Crippen molar-refractivity contribution in [2.75, 3.05) is 42.9 Å². The highest BCUT2D eigenvalue weighted by Gasteiger charge is 2.32. The number of hydrogen-bond acceptors (Lipinski definition) is 7. The Labute approximate surface area is 212 Å². The first-order valence-electron chi connectivity index (χ1n) is 11.2. The number of thiazole rings is 1. The van der Waals surface area contributed by atoms with Gasteiger partial charge in [-0.2, -0.15) is 4.58 Å². The largest absolute Gasteiger partial charge is 0.497 e. The minimum Gasteiger partial charge on any atom is -0.497 e. The zero-order chi connectivity index (χ0) is 25.3. The highest BCUT2D eigenvalue weighted by Crippen LogP contribution is 2.28. The maximum Gasteiger partial charge on any atom is 0.289 e. The van der Waals surface area contributed by atoms with Crippen LogP contribution in [-0.4, -0.2) is 74.2 Å². The summed E-state index contributed by atoms with van der Waals surface area (Å²) in [6.07, 6.45) is 4.21. The van der Waals surface area contributed by atoms with Gasteiger partial charge in [0, 0.05) is 42.0 Å². The number of nitrogens with one attached hydrogen (secondary N) is 1. The van der Waals surface area contributed by atoms with Crippen LogP contribution < -0.4 is 14.4 Å². The molecule has 1 aromatic heterocycles. The molecule has 2 amide bonds. The molecule has 0 radical (unpaired) electrons. The second-order valence-corrected chi connectivity index (χ2v) is 10.9. The van der Waals surface area contributed by atoms with E-state index >= 15 is 0 Å². The van der Waals surface area contributed by atoms with Crippen LogP contribution in [0.3, 0.4) is 0 Å². The lowest BCUT2D eigenvalue weighted by Crippen LogP contribution is -2.53. The zero-order valence-corrected chi connectivity index (χ0v) is 21.1. The summed E-state index contributed by atoms with van der Waals surface area (Å²) in [5.74, 6) is 0.428. The number of piperazine rings is 1. The molecule has 0 bridgehead atoms. The number of fused-ring (bicyclic) bond motifs is 1. The number of sulfonamides is 1. The Bertz CT molecular complexity index is 1440. The summed E-state index contributed by atoms with van der Waals surface area (Å²) in [4.78, 5) is 33.0. The molecule has 3 heterocycles. The van der Waals surface area contributed by atoms with E-state index in [2.05, 4.69) is 9.71 Å². The van der Waals surface area contributed by atoms with Crippen LogP contribution in [0.4, 0.5) is 16.5 Å². The van der Waals surface area contributed by atoms with Gasteiger partial charge in [0.1, 0.15) is 12.3 Å². The number of rotatable bonds is 7. The fraction of sp³-hybridized carbons (Fsp3) is 0.250. The molecule has 0 atom stereocenters. The molecular formula is C24H24N5O5S2+. The minimum absolute atomic E-state index is 0.0339. The SMILES string of the molecule is COc1ccc2c(c1)CC=[N+]2CC(=O)N1CCN(c2ccc(S(=O)(=O)Nc3nccs3)cc2)C(=O)C1. The molecule has 186 valence electrons. The summed E-state index contributed by atoms with van der Waals surface area (Å²) in [7, 11) is -2.15.